The minimum Gasteiger partial charge on any atom is -0.493 e. The summed E-state index contributed by atoms with van der Waals surface area (Å²) in [7, 11) is 5.27. The lowest BCUT2D eigenvalue weighted by Gasteiger charge is -2.20. The van der Waals surface area contributed by atoms with Crippen molar-refractivity contribution in [3.05, 3.63) is 59.9 Å². The van der Waals surface area contributed by atoms with Crippen LogP contribution >= 0.6 is 11.6 Å². The second-order valence-corrected chi connectivity index (χ2v) is 9.92. The zero-order valence-corrected chi connectivity index (χ0v) is 23.1. The normalized spacial score (nSPS) is 15.4. The van der Waals surface area contributed by atoms with E-state index in [9.17, 15) is 0 Å². The number of rotatable bonds is 9. The van der Waals surface area contributed by atoms with Gasteiger partial charge in [0.25, 0.3) is 6.01 Å². The van der Waals surface area contributed by atoms with Gasteiger partial charge in [-0.05, 0) is 56.8 Å². The summed E-state index contributed by atoms with van der Waals surface area (Å²) in [6, 6.07) is 15.2. The number of halogens is 1. The Hall–Kier alpha value is -4.28. The number of nitrogens with one attached hydrogen (secondary N) is 1. The van der Waals surface area contributed by atoms with E-state index < -0.39 is 0 Å². The van der Waals surface area contributed by atoms with Crippen LogP contribution in [0.1, 0.15) is 12.8 Å². The minimum atomic E-state index is 0.334. The van der Waals surface area contributed by atoms with E-state index in [-0.39, 0.29) is 0 Å². The first-order valence-electron chi connectivity index (χ1n) is 12.9. The fourth-order valence-corrected chi connectivity index (χ4v) is 4.94. The summed E-state index contributed by atoms with van der Waals surface area (Å²) in [5, 5.41) is 4.44. The Labute approximate surface area is 235 Å². The Kier molecular flexibility index (Phi) is 7.19. The van der Waals surface area contributed by atoms with Crippen molar-refractivity contribution in [1.29, 1.82) is 0 Å². The zero-order chi connectivity index (χ0) is 27.6. The number of hydrogen-bond acceptors (Lipinski definition) is 10. The average molecular weight is 562 g/mol. The molecule has 0 spiro atoms. The molecule has 0 radical (unpaired) electrons. The number of benzene rings is 3. The maximum atomic E-state index is 6.40. The molecular formula is C29H28ClN5O5. The maximum absolute atomic E-state index is 6.40. The van der Waals surface area contributed by atoms with Gasteiger partial charge in [-0.25, -0.2) is 9.97 Å². The van der Waals surface area contributed by atoms with Crippen molar-refractivity contribution in [2.24, 2.45) is 0 Å². The van der Waals surface area contributed by atoms with Crippen molar-refractivity contribution in [2.75, 3.05) is 39.7 Å². The molecule has 1 N–H and O–H groups in total. The van der Waals surface area contributed by atoms with Crippen molar-refractivity contribution >= 4 is 45.3 Å². The third-order valence-corrected chi connectivity index (χ3v) is 7.28. The van der Waals surface area contributed by atoms with E-state index in [1.165, 1.54) is 12.7 Å². The lowest BCUT2D eigenvalue weighted by molar-refractivity contribution is 0.198. The molecule has 1 aliphatic heterocycles. The fraction of sp³-hybridized carbons (Fsp3) is 0.276. The first kappa shape index (κ1) is 26.0. The highest BCUT2D eigenvalue weighted by Crippen LogP contribution is 2.37. The number of oxazole rings is 1. The predicted molar refractivity (Wildman–Crippen MR) is 153 cm³/mol. The van der Waals surface area contributed by atoms with Crippen molar-refractivity contribution in [2.45, 2.75) is 18.9 Å². The number of hydrogen-bond donors (Lipinski definition) is 1. The fourth-order valence-electron chi connectivity index (χ4n) is 4.77. The quantitative estimate of drug-likeness (QED) is 0.216. The second kappa shape index (κ2) is 11.1. The van der Waals surface area contributed by atoms with Crippen LogP contribution in [-0.4, -0.2) is 60.3 Å². The van der Waals surface area contributed by atoms with Crippen LogP contribution in [0.2, 0.25) is 5.02 Å². The van der Waals surface area contributed by atoms with Crippen molar-refractivity contribution in [3.63, 3.8) is 0 Å². The molecule has 40 heavy (non-hydrogen) atoms. The molecule has 206 valence electrons. The third-order valence-electron chi connectivity index (χ3n) is 6.96. The van der Waals surface area contributed by atoms with Crippen molar-refractivity contribution in [1.82, 2.24) is 19.9 Å². The number of nitrogens with zero attached hydrogens (tertiary/aromatic N) is 4. The average Bonchev–Trinajstić information content (AvgIpc) is 3.57. The van der Waals surface area contributed by atoms with Gasteiger partial charge in [-0.1, -0.05) is 11.6 Å². The number of methoxy groups -OCH3 is 2. The molecule has 1 fully saturated rings. The Bertz CT molecular complexity index is 1680. The molecule has 11 heteroatoms. The molecule has 2 aromatic heterocycles. The first-order chi connectivity index (χ1) is 19.5. The third kappa shape index (κ3) is 5.28. The summed E-state index contributed by atoms with van der Waals surface area (Å²) in [5.74, 6) is 2.67. The van der Waals surface area contributed by atoms with Gasteiger partial charge in [0.2, 0.25) is 5.88 Å². The molecule has 5 aromatic rings. The van der Waals surface area contributed by atoms with Gasteiger partial charge >= 0.3 is 0 Å². The lowest BCUT2D eigenvalue weighted by atomic mass is 10.2. The molecule has 10 nitrogen and oxygen atoms in total. The van der Waals surface area contributed by atoms with Gasteiger partial charge in [0.15, 0.2) is 17.1 Å². The van der Waals surface area contributed by atoms with Crippen LogP contribution in [0.5, 0.6) is 28.9 Å². The van der Waals surface area contributed by atoms with Gasteiger partial charge in [0.05, 0.1) is 30.1 Å². The molecule has 0 saturated carbocycles. The molecule has 3 aromatic carbocycles. The molecule has 6 rings (SSSR count). The van der Waals surface area contributed by atoms with Gasteiger partial charge in [-0.15, -0.1) is 0 Å². The summed E-state index contributed by atoms with van der Waals surface area (Å²) in [6.07, 6.45) is 3.75. The van der Waals surface area contributed by atoms with Crippen LogP contribution in [-0.2, 0) is 0 Å². The number of likely N-dealkylation sites (N-methyl/N-ethyl adjacent to an activating group) is 1. The van der Waals surface area contributed by atoms with Gasteiger partial charge in [0, 0.05) is 29.9 Å². The van der Waals surface area contributed by atoms with E-state index in [4.69, 9.17) is 35.0 Å². The van der Waals surface area contributed by atoms with Gasteiger partial charge < -0.3 is 33.6 Å². The summed E-state index contributed by atoms with van der Waals surface area (Å²) >= 11 is 6.40. The van der Waals surface area contributed by atoms with Crippen molar-refractivity contribution in [3.8, 4) is 28.9 Å². The molecule has 1 atom stereocenters. The molecule has 0 amide bonds. The molecular weight excluding hydrogens is 534 g/mol. The number of ether oxygens (including phenoxy) is 4. The minimum absolute atomic E-state index is 0.334. The number of aromatic nitrogens is 3. The largest absolute Gasteiger partial charge is 0.493 e. The monoisotopic (exact) mass is 561 g/mol. The highest BCUT2D eigenvalue weighted by molar-refractivity contribution is 6.32. The van der Waals surface area contributed by atoms with Crippen LogP contribution < -0.4 is 24.3 Å². The number of likely N-dealkylation sites (tertiary alicyclic amines) is 1. The highest BCUT2D eigenvalue weighted by atomic mass is 35.5. The Morgan fingerprint density at radius 2 is 1.85 bits per heavy atom. The molecule has 1 saturated heterocycles. The van der Waals surface area contributed by atoms with Crippen LogP contribution in [0.25, 0.3) is 22.0 Å². The summed E-state index contributed by atoms with van der Waals surface area (Å²) < 4.78 is 28.9. The smallest absolute Gasteiger partial charge is 0.300 e. The molecule has 3 heterocycles. The van der Waals surface area contributed by atoms with Gasteiger partial charge in [-0.2, -0.15) is 4.98 Å². The van der Waals surface area contributed by atoms with E-state index in [0.717, 1.165) is 18.7 Å². The molecule has 0 bridgehead atoms. The van der Waals surface area contributed by atoms with Crippen LogP contribution in [0.15, 0.2) is 59.3 Å². The van der Waals surface area contributed by atoms with Crippen LogP contribution in [0.4, 0.5) is 11.7 Å². The SMILES string of the molecule is COc1cc2ncnc(Oc3ccc4oc(Nc5ccc(Cl)c(OC[C@@H]6CCCN6C)c5)nc4c3)c2cc1OC. The van der Waals surface area contributed by atoms with E-state index in [1.807, 2.05) is 12.1 Å². The zero-order valence-electron chi connectivity index (χ0n) is 22.3. The maximum Gasteiger partial charge on any atom is 0.300 e. The van der Waals surface area contributed by atoms with E-state index >= 15 is 0 Å². The Balaban J connectivity index is 1.20. The topological polar surface area (TPSA) is 104 Å². The van der Waals surface area contributed by atoms with Crippen molar-refractivity contribution < 1.29 is 23.4 Å². The Morgan fingerprint density at radius 1 is 1.00 bits per heavy atom. The molecule has 1 aliphatic rings. The molecule has 0 aliphatic carbocycles. The van der Waals surface area contributed by atoms with Crippen LogP contribution in [0, 0.1) is 0 Å². The second-order valence-electron chi connectivity index (χ2n) is 9.51. The summed E-state index contributed by atoms with van der Waals surface area (Å²) in [5.41, 5.74) is 2.63. The van der Waals surface area contributed by atoms with Crippen LogP contribution in [0.3, 0.4) is 0 Å². The summed E-state index contributed by atoms with van der Waals surface area (Å²) in [4.78, 5) is 15.5. The van der Waals surface area contributed by atoms with Gasteiger partial charge in [0.1, 0.15) is 29.9 Å². The standard InChI is InChI=1S/C29H28ClN5O5/c1-35-10-4-5-18(35)15-38-25-11-17(6-8-21(25)30)33-29-34-23-12-19(7-9-24(23)40-29)39-28-20-13-26(36-2)27(37-3)14-22(20)31-16-32-28/h6-9,11-14,16,18H,4-5,10,15H2,1-3H3,(H,33,34)/t18-/m0/s1. The van der Waals surface area contributed by atoms with E-state index in [1.54, 1.807) is 50.6 Å². The summed E-state index contributed by atoms with van der Waals surface area (Å²) in [6.45, 7) is 1.68. The predicted octanol–water partition coefficient (Wildman–Crippen LogP) is 6.45. The lowest BCUT2D eigenvalue weighted by Crippen LogP contribution is -2.30. The number of fused-ring (bicyclic) bond motifs is 2. The first-order valence-corrected chi connectivity index (χ1v) is 13.2. The van der Waals surface area contributed by atoms with Gasteiger partial charge in [-0.3, -0.25) is 0 Å². The van der Waals surface area contributed by atoms with E-state index in [0.29, 0.717) is 74.6 Å². The number of anilines is 2. The molecule has 0 unspecified atom stereocenters. The highest BCUT2D eigenvalue weighted by Gasteiger charge is 2.22. The Morgan fingerprint density at radius 3 is 2.65 bits per heavy atom. The van der Waals surface area contributed by atoms with E-state index in [2.05, 4.69) is 32.2 Å².